The van der Waals surface area contributed by atoms with Crippen molar-refractivity contribution in [3.63, 3.8) is 0 Å². The molecule has 8 nitrogen and oxygen atoms in total. The van der Waals surface area contributed by atoms with Gasteiger partial charge in [0.05, 0.1) is 0 Å². The van der Waals surface area contributed by atoms with Crippen molar-refractivity contribution in [2.45, 2.75) is 46.6 Å². The maximum Gasteiger partial charge on any atom is 0.414 e. The van der Waals surface area contributed by atoms with Crippen molar-refractivity contribution >= 4 is 23.5 Å². The minimum Gasteiger partial charge on any atom is -0.473 e. The standard InChI is InChI=1S/C27H37N3O.C2H2O4/c1-4-23-8-10-24(11-9-23)20-28-14-12-25(13-15-28)27(31)30-18-16-29(17-19-30)26-7-5-6-21(2)22(26)3;3-1(4)2(5)6/h5-11,25H,4,12-20H2,1-3H3;(H,3,4)(H,5,6). The Labute approximate surface area is 219 Å². The molecular weight excluding hydrogens is 470 g/mol. The number of hydrogen-bond acceptors (Lipinski definition) is 5. The number of piperidine rings is 1. The number of nitrogens with zero attached hydrogens (tertiary/aromatic N) is 3. The molecule has 2 N–H and O–H groups in total. The fraction of sp³-hybridized carbons (Fsp3) is 0.483. The van der Waals surface area contributed by atoms with Crippen LogP contribution < -0.4 is 4.90 Å². The first-order chi connectivity index (χ1) is 17.7. The lowest BCUT2D eigenvalue weighted by molar-refractivity contribution is -0.159. The molecule has 0 spiro atoms. The molecule has 2 aromatic rings. The second-order valence-corrected chi connectivity index (χ2v) is 9.86. The molecule has 37 heavy (non-hydrogen) atoms. The summed E-state index contributed by atoms with van der Waals surface area (Å²) in [4.78, 5) is 38.4. The van der Waals surface area contributed by atoms with E-state index in [0.717, 1.165) is 65.1 Å². The SMILES string of the molecule is CCc1ccc(CN2CCC(C(=O)N3CCN(c4cccc(C)c4C)CC3)CC2)cc1.O=C(O)C(=O)O. The number of hydrogen-bond donors (Lipinski definition) is 2. The van der Waals surface area contributed by atoms with Crippen LogP contribution in [0.25, 0.3) is 0 Å². The molecule has 2 saturated heterocycles. The van der Waals surface area contributed by atoms with E-state index in [4.69, 9.17) is 19.8 Å². The van der Waals surface area contributed by atoms with Crippen LogP contribution in [0, 0.1) is 19.8 Å². The van der Waals surface area contributed by atoms with Crippen molar-refractivity contribution in [1.82, 2.24) is 9.80 Å². The Hall–Kier alpha value is -3.39. The van der Waals surface area contributed by atoms with E-state index in [-0.39, 0.29) is 5.92 Å². The molecule has 0 aromatic heterocycles. The first-order valence-electron chi connectivity index (χ1n) is 13.1. The van der Waals surface area contributed by atoms with Gasteiger partial charge in [0.15, 0.2) is 0 Å². The van der Waals surface area contributed by atoms with E-state index in [9.17, 15) is 4.79 Å². The predicted octanol–water partition coefficient (Wildman–Crippen LogP) is 3.58. The number of carbonyl (C=O) groups is 3. The summed E-state index contributed by atoms with van der Waals surface area (Å²) in [7, 11) is 0. The minimum absolute atomic E-state index is 0.200. The second kappa shape index (κ2) is 13.2. The molecule has 2 aliphatic heterocycles. The van der Waals surface area contributed by atoms with Gasteiger partial charge in [-0.05, 0) is 74.5 Å². The Morgan fingerprint density at radius 1 is 0.811 bits per heavy atom. The maximum atomic E-state index is 13.1. The number of carboxylic acids is 2. The van der Waals surface area contributed by atoms with Gasteiger partial charge in [0.2, 0.25) is 5.91 Å². The van der Waals surface area contributed by atoms with Crippen LogP contribution in [0.2, 0.25) is 0 Å². The Morgan fingerprint density at radius 2 is 1.38 bits per heavy atom. The molecular formula is C29H39N3O5. The first kappa shape index (κ1) is 28.2. The van der Waals surface area contributed by atoms with Crippen LogP contribution in [-0.4, -0.2) is 77.1 Å². The minimum atomic E-state index is -1.82. The molecule has 4 rings (SSSR count). The van der Waals surface area contributed by atoms with Crippen LogP contribution in [0.5, 0.6) is 0 Å². The van der Waals surface area contributed by atoms with Gasteiger partial charge < -0.3 is 20.0 Å². The van der Waals surface area contributed by atoms with Crippen molar-refractivity contribution in [2.24, 2.45) is 5.92 Å². The van der Waals surface area contributed by atoms with Crippen LogP contribution in [0.3, 0.4) is 0 Å². The summed E-state index contributed by atoms with van der Waals surface area (Å²) in [6.45, 7) is 13.2. The zero-order valence-electron chi connectivity index (χ0n) is 22.2. The lowest BCUT2D eigenvalue weighted by Gasteiger charge is -2.40. The molecule has 0 radical (unpaired) electrons. The van der Waals surface area contributed by atoms with Gasteiger partial charge in [0, 0.05) is 44.3 Å². The molecule has 1 amide bonds. The predicted molar refractivity (Wildman–Crippen MR) is 144 cm³/mol. The topological polar surface area (TPSA) is 101 Å². The van der Waals surface area contributed by atoms with Crippen LogP contribution in [-0.2, 0) is 27.3 Å². The Bertz CT molecular complexity index is 1060. The number of piperazine rings is 1. The third kappa shape index (κ3) is 7.79. The van der Waals surface area contributed by atoms with E-state index < -0.39 is 11.9 Å². The van der Waals surface area contributed by atoms with Gasteiger partial charge in [-0.3, -0.25) is 9.69 Å². The molecule has 200 valence electrons. The monoisotopic (exact) mass is 509 g/mol. The number of carbonyl (C=O) groups excluding carboxylic acids is 1. The summed E-state index contributed by atoms with van der Waals surface area (Å²) in [5.41, 5.74) is 6.80. The molecule has 0 unspecified atom stereocenters. The van der Waals surface area contributed by atoms with Gasteiger partial charge in [-0.2, -0.15) is 0 Å². The van der Waals surface area contributed by atoms with E-state index in [1.807, 2.05) is 0 Å². The van der Waals surface area contributed by atoms with Crippen LogP contribution in [0.1, 0.15) is 42.0 Å². The Balaban J connectivity index is 0.000000568. The number of benzene rings is 2. The number of carboxylic acid groups (broad SMARTS) is 2. The highest BCUT2D eigenvalue weighted by atomic mass is 16.4. The number of anilines is 1. The molecule has 0 bridgehead atoms. The van der Waals surface area contributed by atoms with E-state index in [1.54, 1.807) is 0 Å². The average Bonchev–Trinajstić information content (AvgIpc) is 2.91. The van der Waals surface area contributed by atoms with Crippen LogP contribution in [0.15, 0.2) is 42.5 Å². The third-order valence-electron chi connectivity index (χ3n) is 7.47. The molecule has 2 aliphatic rings. The van der Waals surface area contributed by atoms with Crippen molar-refractivity contribution in [3.8, 4) is 0 Å². The van der Waals surface area contributed by atoms with E-state index in [2.05, 4.69) is 77.9 Å². The number of likely N-dealkylation sites (tertiary alicyclic amines) is 1. The van der Waals surface area contributed by atoms with Crippen molar-refractivity contribution in [3.05, 3.63) is 64.7 Å². The summed E-state index contributed by atoms with van der Waals surface area (Å²) in [5, 5.41) is 14.8. The van der Waals surface area contributed by atoms with E-state index in [1.165, 1.54) is 27.9 Å². The summed E-state index contributed by atoms with van der Waals surface area (Å²) >= 11 is 0. The summed E-state index contributed by atoms with van der Waals surface area (Å²) in [6.07, 6.45) is 3.07. The lowest BCUT2D eigenvalue weighted by Crippen LogP contribution is -2.51. The normalized spacial score (nSPS) is 16.6. The molecule has 2 fully saturated rings. The molecule has 0 atom stereocenters. The van der Waals surface area contributed by atoms with Gasteiger partial charge in [-0.1, -0.05) is 43.3 Å². The zero-order chi connectivity index (χ0) is 26.9. The fourth-order valence-electron chi connectivity index (χ4n) is 4.98. The van der Waals surface area contributed by atoms with Gasteiger partial charge in [0.25, 0.3) is 0 Å². The second-order valence-electron chi connectivity index (χ2n) is 9.86. The highest BCUT2D eigenvalue weighted by Gasteiger charge is 2.30. The van der Waals surface area contributed by atoms with E-state index >= 15 is 0 Å². The first-order valence-corrected chi connectivity index (χ1v) is 13.1. The molecule has 0 saturated carbocycles. The lowest BCUT2D eigenvalue weighted by atomic mass is 9.94. The van der Waals surface area contributed by atoms with Crippen molar-refractivity contribution < 1.29 is 24.6 Å². The summed E-state index contributed by atoms with van der Waals surface area (Å²) in [6, 6.07) is 15.5. The maximum absolute atomic E-state index is 13.1. The van der Waals surface area contributed by atoms with Gasteiger partial charge >= 0.3 is 11.9 Å². The quantitative estimate of drug-likeness (QED) is 0.594. The summed E-state index contributed by atoms with van der Waals surface area (Å²) in [5.74, 6) is -3.07. The fourth-order valence-corrected chi connectivity index (χ4v) is 4.98. The number of aliphatic carboxylic acids is 2. The number of rotatable bonds is 5. The average molecular weight is 510 g/mol. The Kier molecular flexibility index (Phi) is 10.1. The van der Waals surface area contributed by atoms with E-state index in [0.29, 0.717) is 5.91 Å². The number of amides is 1. The van der Waals surface area contributed by atoms with Crippen LogP contribution in [0.4, 0.5) is 5.69 Å². The largest absolute Gasteiger partial charge is 0.473 e. The van der Waals surface area contributed by atoms with Crippen molar-refractivity contribution in [1.29, 1.82) is 0 Å². The smallest absolute Gasteiger partial charge is 0.414 e. The molecule has 2 heterocycles. The molecule has 2 aromatic carbocycles. The third-order valence-corrected chi connectivity index (χ3v) is 7.47. The van der Waals surface area contributed by atoms with Gasteiger partial charge in [0.1, 0.15) is 0 Å². The van der Waals surface area contributed by atoms with Crippen molar-refractivity contribution in [2.75, 3.05) is 44.2 Å². The highest BCUT2D eigenvalue weighted by molar-refractivity contribution is 6.27. The zero-order valence-corrected chi connectivity index (χ0v) is 22.2. The highest BCUT2D eigenvalue weighted by Crippen LogP contribution is 2.26. The number of aryl methyl sites for hydroxylation is 2. The Morgan fingerprint density at radius 3 is 1.92 bits per heavy atom. The van der Waals surface area contributed by atoms with Crippen LogP contribution >= 0.6 is 0 Å². The van der Waals surface area contributed by atoms with Gasteiger partial charge in [-0.15, -0.1) is 0 Å². The molecule has 0 aliphatic carbocycles. The van der Waals surface area contributed by atoms with Gasteiger partial charge in [-0.25, -0.2) is 9.59 Å². The molecule has 8 heteroatoms. The summed E-state index contributed by atoms with van der Waals surface area (Å²) < 4.78 is 0.